The molecule has 1 spiro atoms. The van der Waals surface area contributed by atoms with Gasteiger partial charge in [-0.15, -0.1) is 10.2 Å². The Morgan fingerprint density at radius 3 is 2.66 bits per heavy atom. The minimum atomic E-state index is -0.500. The number of rotatable bonds is 14. The molecule has 1 N–H and O–H groups in total. The molecular weight excluding hydrogens is 525 g/mol. The molecule has 0 saturated carbocycles. The van der Waals surface area contributed by atoms with E-state index in [-0.39, 0.29) is 34.6 Å². The summed E-state index contributed by atoms with van der Waals surface area (Å²) in [7, 11) is 1.73. The van der Waals surface area contributed by atoms with E-state index in [4.69, 9.17) is 9.47 Å². The lowest BCUT2D eigenvalue weighted by Crippen LogP contribution is -2.62. The van der Waals surface area contributed by atoms with Gasteiger partial charge in [0.1, 0.15) is 17.9 Å². The summed E-state index contributed by atoms with van der Waals surface area (Å²) in [5.41, 5.74) is 0.357. The summed E-state index contributed by atoms with van der Waals surface area (Å²) >= 11 is 0. The number of benzene rings is 1. The maximum atomic E-state index is 14.2. The number of halogens is 1. The van der Waals surface area contributed by atoms with Crippen molar-refractivity contribution in [2.24, 2.45) is 11.3 Å². The van der Waals surface area contributed by atoms with Crippen LogP contribution in [0.1, 0.15) is 57.8 Å². The predicted octanol–water partition coefficient (Wildman–Crippen LogP) is 3.84. The van der Waals surface area contributed by atoms with Gasteiger partial charge in [-0.1, -0.05) is 13.8 Å². The molecule has 1 aromatic heterocycles. The van der Waals surface area contributed by atoms with Gasteiger partial charge in [0, 0.05) is 63.9 Å². The molecule has 3 heterocycles. The summed E-state index contributed by atoms with van der Waals surface area (Å²) < 4.78 is 25.5. The Morgan fingerprint density at radius 1 is 1.20 bits per heavy atom. The Balaban J connectivity index is 1.44. The van der Waals surface area contributed by atoms with E-state index in [0.29, 0.717) is 24.3 Å². The highest BCUT2D eigenvalue weighted by molar-refractivity contribution is 5.97. The van der Waals surface area contributed by atoms with E-state index < -0.39 is 5.82 Å². The molecule has 0 radical (unpaired) electrons. The molecule has 2 fully saturated rings. The third-order valence-corrected chi connectivity index (χ3v) is 8.33. The first-order chi connectivity index (χ1) is 19.7. The Labute approximate surface area is 243 Å². The van der Waals surface area contributed by atoms with Crippen LogP contribution in [0.25, 0.3) is 0 Å². The molecule has 1 atom stereocenters. The van der Waals surface area contributed by atoms with Gasteiger partial charge in [0.2, 0.25) is 0 Å². The molecule has 0 bridgehead atoms. The third-order valence-electron chi connectivity index (χ3n) is 8.33. The van der Waals surface area contributed by atoms with Crippen LogP contribution in [0.3, 0.4) is 0 Å². The second kappa shape index (κ2) is 13.8. The fraction of sp³-hybridized carbons (Fsp3) is 0.667. The fourth-order valence-electron chi connectivity index (χ4n) is 6.21. The number of amides is 1. The smallest absolute Gasteiger partial charge is 0.282 e. The van der Waals surface area contributed by atoms with Crippen molar-refractivity contribution in [2.45, 2.75) is 59.5 Å². The number of aromatic nitrogens is 3. The van der Waals surface area contributed by atoms with Gasteiger partial charge in [-0.3, -0.25) is 9.69 Å². The number of methoxy groups -OCH3 is 1. The summed E-state index contributed by atoms with van der Waals surface area (Å²) in [4.78, 5) is 24.3. The van der Waals surface area contributed by atoms with E-state index in [0.717, 1.165) is 58.7 Å². The summed E-state index contributed by atoms with van der Waals surface area (Å²) in [5.74, 6) is 0.833. The number of ether oxygens (including phenoxy) is 2. The van der Waals surface area contributed by atoms with Crippen molar-refractivity contribution in [3.63, 3.8) is 0 Å². The van der Waals surface area contributed by atoms with Crippen molar-refractivity contribution in [1.82, 2.24) is 30.3 Å². The minimum Gasteiger partial charge on any atom is -0.434 e. The highest BCUT2D eigenvalue weighted by Gasteiger charge is 2.50. The van der Waals surface area contributed by atoms with Crippen molar-refractivity contribution in [1.29, 1.82) is 0 Å². The fourth-order valence-corrected chi connectivity index (χ4v) is 6.21. The van der Waals surface area contributed by atoms with Gasteiger partial charge in [0.05, 0.1) is 12.2 Å². The van der Waals surface area contributed by atoms with Crippen molar-refractivity contribution >= 4 is 11.7 Å². The van der Waals surface area contributed by atoms with Crippen LogP contribution in [0.2, 0.25) is 0 Å². The molecule has 1 amide bonds. The van der Waals surface area contributed by atoms with Crippen molar-refractivity contribution in [3.8, 4) is 11.6 Å². The molecule has 0 unspecified atom stereocenters. The highest BCUT2D eigenvalue weighted by atomic mass is 19.1. The van der Waals surface area contributed by atoms with Gasteiger partial charge in [-0.25, -0.2) is 9.37 Å². The molecule has 0 aliphatic carbocycles. The zero-order valence-electron chi connectivity index (χ0n) is 25.4. The number of carbonyl (C=O) groups is 1. The lowest BCUT2D eigenvalue weighted by Gasteiger charge is -2.53. The lowest BCUT2D eigenvalue weighted by molar-refractivity contribution is -0.0332. The van der Waals surface area contributed by atoms with Crippen LogP contribution in [0.15, 0.2) is 24.5 Å². The van der Waals surface area contributed by atoms with E-state index >= 15 is 0 Å². The van der Waals surface area contributed by atoms with Gasteiger partial charge in [-0.05, 0) is 64.3 Å². The largest absolute Gasteiger partial charge is 0.434 e. The van der Waals surface area contributed by atoms with Crippen LogP contribution in [0.5, 0.6) is 11.6 Å². The number of carbonyl (C=O) groups excluding carboxylic acids is 1. The topological polar surface area (TPSA) is 96.0 Å². The molecule has 10 nitrogen and oxygen atoms in total. The van der Waals surface area contributed by atoms with Gasteiger partial charge in [0.25, 0.3) is 11.8 Å². The van der Waals surface area contributed by atoms with Gasteiger partial charge < -0.3 is 24.6 Å². The van der Waals surface area contributed by atoms with Crippen LogP contribution in [-0.2, 0) is 4.74 Å². The maximum Gasteiger partial charge on any atom is 0.282 e. The van der Waals surface area contributed by atoms with Crippen molar-refractivity contribution < 1.29 is 18.7 Å². The molecule has 2 aliphatic rings. The molecular formula is C30H46FN7O3. The first-order valence-electron chi connectivity index (χ1n) is 14.8. The molecule has 226 valence electrons. The van der Waals surface area contributed by atoms with Crippen LogP contribution in [0.4, 0.5) is 10.2 Å². The molecule has 1 aromatic carbocycles. The molecule has 41 heavy (non-hydrogen) atoms. The number of nitrogens with one attached hydrogen (secondary N) is 1. The number of hydrogen-bond donors (Lipinski definition) is 1. The number of likely N-dealkylation sites (tertiary alicyclic amines) is 1. The SMILES string of the molecule is CCN(C(=O)c1cc(F)ccc1Oc1nncnc1N1CCC2(C1)CN([C@H](CCNCCOC)C(C)C)C2)C(C)C. The minimum absolute atomic E-state index is 0.0394. The Morgan fingerprint density at radius 2 is 1.98 bits per heavy atom. The van der Waals surface area contributed by atoms with Gasteiger partial charge in [-0.2, -0.15) is 0 Å². The number of anilines is 1. The zero-order chi connectivity index (χ0) is 29.6. The van der Waals surface area contributed by atoms with Crippen molar-refractivity contribution in [3.05, 3.63) is 35.9 Å². The monoisotopic (exact) mass is 571 g/mol. The van der Waals surface area contributed by atoms with Gasteiger partial charge >= 0.3 is 0 Å². The predicted molar refractivity (Wildman–Crippen MR) is 157 cm³/mol. The van der Waals surface area contributed by atoms with Crippen LogP contribution in [-0.4, -0.2) is 103 Å². The number of nitrogens with zero attached hydrogens (tertiary/aromatic N) is 6. The van der Waals surface area contributed by atoms with E-state index in [1.54, 1.807) is 12.0 Å². The Hall–Kier alpha value is -2.89. The van der Waals surface area contributed by atoms with Crippen LogP contribution in [0, 0.1) is 17.2 Å². The van der Waals surface area contributed by atoms with Crippen LogP contribution >= 0.6 is 0 Å². The summed E-state index contributed by atoms with van der Waals surface area (Å²) in [6.45, 7) is 17.2. The first-order valence-corrected chi connectivity index (χ1v) is 14.8. The van der Waals surface area contributed by atoms with Crippen LogP contribution < -0.4 is 15.0 Å². The second-order valence-corrected chi connectivity index (χ2v) is 11.9. The Kier molecular flexibility index (Phi) is 10.5. The van der Waals surface area contributed by atoms with E-state index in [1.807, 2.05) is 20.8 Å². The van der Waals surface area contributed by atoms with E-state index in [1.165, 1.54) is 24.5 Å². The summed E-state index contributed by atoms with van der Waals surface area (Å²) in [6, 6.07) is 4.47. The Bertz CT molecular complexity index is 1160. The molecule has 2 saturated heterocycles. The summed E-state index contributed by atoms with van der Waals surface area (Å²) in [6.07, 6.45) is 3.59. The lowest BCUT2D eigenvalue weighted by atomic mass is 9.76. The average Bonchev–Trinajstić information content (AvgIpc) is 3.37. The van der Waals surface area contributed by atoms with E-state index in [9.17, 15) is 9.18 Å². The van der Waals surface area contributed by atoms with Gasteiger partial charge in [0.15, 0.2) is 5.82 Å². The average molecular weight is 572 g/mol. The standard InChI is InChI=1S/C30H46FN7O3/c1-7-38(22(4)5)29(39)24-16-23(31)8-9-26(24)41-28-27(33-20-34-35-28)36-14-11-30(17-36)18-37(19-30)25(21(2)3)10-12-32-13-15-40-6/h8-9,16,20-22,25,32H,7,10-15,17-19H2,1-6H3/t25-/m1/s1. The molecule has 4 rings (SSSR count). The molecule has 11 heteroatoms. The van der Waals surface area contributed by atoms with E-state index in [2.05, 4.69) is 44.1 Å². The third kappa shape index (κ3) is 7.31. The zero-order valence-corrected chi connectivity index (χ0v) is 25.4. The molecule has 2 aromatic rings. The van der Waals surface area contributed by atoms with Crippen molar-refractivity contribution in [2.75, 3.05) is 64.4 Å². The highest BCUT2D eigenvalue weighted by Crippen LogP contribution is 2.44. The molecule has 2 aliphatic heterocycles. The summed E-state index contributed by atoms with van der Waals surface area (Å²) in [5, 5.41) is 11.7. The normalized spacial score (nSPS) is 17.3. The second-order valence-electron chi connectivity index (χ2n) is 11.9. The maximum absolute atomic E-state index is 14.2. The first kappa shape index (κ1) is 31.1. The quantitative estimate of drug-likeness (QED) is 0.339. The number of hydrogen-bond acceptors (Lipinski definition) is 9.